The molecule has 0 amide bonds. The predicted octanol–water partition coefficient (Wildman–Crippen LogP) is 3.28. The molecule has 1 aromatic carbocycles. The van der Waals surface area contributed by atoms with Crippen LogP contribution in [0.1, 0.15) is 30.5 Å². The van der Waals surface area contributed by atoms with E-state index in [0.29, 0.717) is 5.75 Å². The molecule has 0 aliphatic carbocycles. The van der Waals surface area contributed by atoms with E-state index in [9.17, 15) is 5.11 Å². The van der Waals surface area contributed by atoms with Gasteiger partial charge in [-0.3, -0.25) is 0 Å². The van der Waals surface area contributed by atoms with Gasteiger partial charge in [0.05, 0.1) is 0 Å². The predicted molar refractivity (Wildman–Crippen MR) is 65.1 cm³/mol. The van der Waals surface area contributed by atoms with Crippen molar-refractivity contribution in [2.45, 2.75) is 39.7 Å². The molecule has 2 rings (SSSR count). The van der Waals surface area contributed by atoms with Crippen LogP contribution in [-0.2, 0) is 6.42 Å². The Labute approximate surface area is 96.6 Å². The molecular formula is C14H18O2. The normalized spacial score (nSPS) is 17.5. The smallest absolute Gasteiger partial charge is 0.127 e. The number of benzene rings is 1. The Morgan fingerprint density at radius 1 is 1.25 bits per heavy atom. The molecule has 0 unspecified atom stereocenters. The molecule has 0 saturated carbocycles. The van der Waals surface area contributed by atoms with Gasteiger partial charge >= 0.3 is 0 Å². The van der Waals surface area contributed by atoms with Crippen LogP contribution in [0.25, 0.3) is 0 Å². The molecule has 1 N–H and O–H groups in total. The van der Waals surface area contributed by atoms with E-state index in [-0.39, 0.29) is 5.60 Å². The van der Waals surface area contributed by atoms with Gasteiger partial charge in [0.2, 0.25) is 0 Å². The van der Waals surface area contributed by atoms with Crippen molar-refractivity contribution in [2.75, 3.05) is 0 Å². The van der Waals surface area contributed by atoms with Crippen LogP contribution >= 0.6 is 0 Å². The maximum Gasteiger partial charge on any atom is 0.127 e. The summed E-state index contributed by atoms with van der Waals surface area (Å²) in [6.45, 7) is 8.00. The van der Waals surface area contributed by atoms with E-state index < -0.39 is 0 Å². The van der Waals surface area contributed by atoms with Gasteiger partial charge in [-0.1, -0.05) is 6.08 Å². The molecule has 1 aliphatic heterocycles. The summed E-state index contributed by atoms with van der Waals surface area (Å²) in [5.74, 6) is 1.28. The number of fused-ring (bicyclic) bond motifs is 1. The van der Waals surface area contributed by atoms with E-state index in [1.54, 1.807) is 0 Å². The quantitative estimate of drug-likeness (QED) is 0.677. The fourth-order valence-electron chi connectivity index (χ4n) is 2.00. The number of hydrogen-bond donors (Lipinski definition) is 1. The zero-order chi connectivity index (χ0) is 11.9. The molecule has 86 valence electrons. The van der Waals surface area contributed by atoms with Crippen LogP contribution < -0.4 is 4.74 Å². The van der Waals surface area contributed by atoms with Crippen molar-refractivity contribution in [2.24, 2.45) is 0 Å². The summed E-state index contributed by atoms with van der Waals surface area (Å²) < 4.78 is 6.01. The van der Waals surface area contributed by atoms with Gasteiger partial charge in [-0.25, -0.2) is 0 Å². The minimum atomic E-state index is -0.278. The van der Waals surface area contributed by atoms with Crippen LogP contribution in [-0.4, -0.2) is 10.7 Å². The van der Waals surface area contributed by atoms with Crippen LogP contribution in [0.3, 0.4) is 0 Å². The van der Waals surface area contributed by atoms with Crippen molar-refractivity contribution in [1.82, 2.24) is 0 Å². The van der Waals surface area contributed by atoms with Crippen molar-refractivity contribution in [1.29, 1.82) is 0 Å². The number of phenols is 1. The van der Waals surface area contributed by atoms with E-state index in [4.69, 9.17) is 4.74 Å². The zero-order valence-corrected chi connectivity index (χ0v) is 10.3. The Morgan fingerprint density at radius 3 is 2.62 bits per heavy atom. The minimum Gasteiger partial charge on any atom is -0.508 e. The topological polar surface area (TPSA) is 29.5 Å². The number of allylic oxidation sites excluding steroid dienone is 1. The number of phenolic OH excluding ortho intramolecular Hbond substituents is 1. The standard InChI is InChI=1S/C14H18O2/c1-9-10(2)13-11(8-12(9)15)6-5-7-14(3,4)16-13/h5,7-8,15H,6H2,1-4H3. The Morgan fingerprint density at radius 2 is 1.94 bits per heavy atom. The maximum absolute atomic E-state index is 9.80. The van der Waals surface area contributed by atoms with Crippen molar-refractivity contribution >= 4 is 0 Å². The van der Waals surface area contributed by atoms with Crippen molar-refractivity contribution in [3.63, 3.8) is 0 Å². The van der Waals surface area contributed by atoms with Gasteiger partial charge in [0.25, 0.3) is 0 Å². The summed E-state index contributed by atoms with van der Waals surface area (Å²) in [6.07, 6.45) is 4.98. The van der Waals surface area contributed by atoms with Crippen molar-refractivity contribution in [3.05, 3.63) is 34.9 Å². The van der Waals surface area contributed by atoms with E-state index in [1.165, 1.54) is 0 Å². The molecule has 0 spiro atoms. The number of rotatable bonds is 0. The van der Waals surface area contributed by atoms with E-state index in [2.05, 4.69) is 12.2 Å². The summed E-state index contributed by atoms with van der Waals surface area (Å²) in [7, 11) is 0. The summed E-state index contributed by atoms with van der Waals surface area (Å²) >= 11 is 0. The third-order valence-corrected chi connectivity index (χ3v) is 3.11. The summed E-state index contributed by atoms with van der Waals surface area (Å²) in [5, 5.41) is 9.80. The molecule has 0 saturated heterocycles. The lowest BCUT2D eigenvalue weighted by Gasteiger charge is -2.24. The van der Waals surface area contributed by atoms with Gasteiger partial charge < -0.3 is 9.84 Å². The average Bonchev–Trinajstić information content (AvgIpc) is 2.34. The van der Waals surface area contributed by atoms with Crippen LogP contribution in [0.15, 0.2) is 18.2 Å². The van der Waals surface area contributed by atoms with Crippen molar-refractivity contribution < 1.29 is 9.84 Å². The highest BCUT2D eigenvalue weighted by Crippen LogP contribution is 2.37. The molecule has 2 heteroatoms. The molecule has 0 bridgehead atoms. The molecule has 2 nitrogen and oxygen atoms in total. The maximum atomic E-state index is 9.80. The SMILES string of the molecule is Cc1c(O)cc2c(c1C)OC(C)(C)C=CC2. The lowest BCUT2D eigenvalue weighted by atomic mass is 10.0. The third kappa shape index (κ3) is 1.80. The fraction of sp³-hybridized carbons (Fsp3) is 0.429. The molecule has 0 radical (unpaired) electrons. The summed E-state index contributed by atoms with van der Waals surface area (Å²) in [4.78, 5) is 0. The van der Waals surface area contributed by atoms with Crippen molar-refractivity contribution in [3.8, 4) is 11.5 Å². The molecule has 0 fully saturated rings. The Kier molecular flexibility index (Phi) is 2.45. The highest BCUT2D eigenvalue weighted by molar-refractivity contribution is 5.53. The second kappa shape index (κ2) is 3.55. The monoisotopic (exact) mass is 218 g/mol. The second-order valence-electron chi connectivity index (χ2n) is 4.95. The molecule has 1 aromatic rings. The lowest BCUT2D eigenvalue weighted by Crippen LogP contribution is -2.25. The lowest BCUT2D eigenvalue weighted by molar-refractivity contribution is 0.161. The van der Waals surface area contributed by atoms with Crippen LogP contribution in [0.4, 0.5) is 0 Å². The molecule has 0 atom stereocenters. The molecule has 16 heavy (non-hydrogen) atoms. The minimum absolute atomic E-state index is 0.278. The summed E-state index contributed by atoms with van der Waals surface area (Å²) in [5.41, 5.74) is 2.71. The number of ether oxygens (including phenoxy) is 1. The van der Waals surface area contributed by atoms with Gasteiger partial charge in [0.15, 0.2) is 0 Å². The molecular weight excluding hydrogens is 200 g/mol. The van der Waals surface area contributed by atoms with Crippen LogP contribution in [0, 0.1) is 13.8 Å². The van der Waals surface area contributed by atoms with Gasteiger partial charge in [-0.05, 0) is 57.4 Å². The van der Waals surface area contributed by atoms with Gasteiger partial charge in [0.1, 0.15) is 17.1 Å². The first-order valence-corrected chi connectivity index (χ1v) is 5.59. The Hall–Kier alpha value is -1.44. The molecule has 1 heterocycles. The first-order chi connectivity index (χ1) is 7.41. The Bertz CT molecular complexity index is 456. The van der Waals surface area contributed by atoms with Crippen LogP contribution in [0.2, 0.25) is 0 Å². The van der Waals surface area contributed by atoms with Gasteiger partial charge in [-0.15, -0.1) is 0 Å². The average molecular weight is 218 g/mol. The fourth-order valence-corrected chi connectivity index (χ4v) is 2.00. The largest absolute Gasteiger partial charge is 0.508 e. The third-order valence-electron chi connectivity index (χ3n) is 3.11. The zero-order valence-electron chi connectivity index (χ0n) is 10.3. The Balaban J connectivity index is 2.60. The second-order valence-corrected chi connectivity index (χ2v) is 4.95. The number of aromatic hydroxyl groups is 1. The van der Waals surface area contributed by atoms with Crippen LogP contribution in [0.5, 0.6) is 11.5 Å². The number of hydrogen-bond acceptors (Lipinski definition) is 2. The highest BCUT2D eigenvalue weighted by Gasteiger charge is 2.23. The molecule has 1 aliphatic rings. The van der Waals surface area contributed by atoms with Gasteiger partial charge in [-0.2, -0.15) is 0 Å². The summed E-state index contributed by atoms with van der Waals surface area (Å²) in [6, 6.07) is 1.81. The van der Waals surface area contributed by atoms with Gasteiger partial charge in [0, 0.05) is 5.56 Å². The highest BCUT2D eigenvalue weighted by atomic mass is 16.5. The first-order valence-electron chi connectivity index (χ1n) is 5.59. The molecule has 0 aromatic heterocycles. The van der Waals surface area contributed by atoms with E-state index in [1.807, 2.05) is 33.8 Å². The van der Waals surface area contributed by atoms with E-state index in [0.717, 1.165) is 28.9 Å². The van der Waals surface area contributed by atoms with E-state index >= 15 is 0 Å². The first kappa shape index (κ1) is 11.1.